The fraction of sp³-hybridized carbons (Fsp3) is 0. The van der Waals surface area contributed by atoms with E-state index in [1.54, 1.807) is 0 Å². The molecule has 67 heavy (non-hydrogen) atoms. The normalized spacial score (nSPS) is 11.6. The van der Waals surface area contributed by atoms with Gasteiger partial charge in [-0.05, 0) is 117 Å². The number of benzene rings is 11. The summed E-state index contributed by atoms with van der Waals surface area (Å²) in [6.07, 6.45) is 0. The van der Waals surface area contributed by atoms with E-state index in [2.05, 4.69) is 252 Å². The van der Waals surface area contributed by atoms with E-state index in [0.29, 0.717) is 0 Å². The number of aromatic nitrogens is 1. The number of anilines is 3. The van der Waals surface area contributed by atoms with Crippen LogP contribution in [0.25, 0.3) is 105 Å². The summed E-state index contributed by atoms with van der Waals surface area (Å²) in [5.41, 5.74) is 17.6. The first-order valence-electron chi connectivity index (χ1n) is 22.9. The highest BCUT2D eigenvalue weighted by Crippen LogP contribution is 2.45. The Labute approximate surface area is 388 Å². The molecular weight excluding hydrogens is 813 g/mol. The van der Waals surface area contributed by atoms with Crippen LogP contribution in [-0.4, -0.2) is 4.57 Å². The number of nitrogens with zero attached hydrogens (tertiary/aromatic N) is 2. The van der Waals surface area contributed by atoms with Crippen LogP contribution in [0.4, 0.5) is 17.1 Å². The predicted molar refractivity (Wildman–Crippen MR) is 282 cm³/mol. The van der Waals surface area contributed by atoms with Gasteiger partial charge in [0.05, 0.1) is 16.7 Å². The number of furan rings is 1. The summed E-state index contributed by atoms with van der Waals surface area (Å²) in [5, 5.41) is 7.23. The first-order chi connectivity index (χ1) is 33.2. The Morgan fingerprint density at radius 1 is 0.313 bits per heavy atom. The topological polar surface area (TPSA) is 21.3 Å². The van der Waals surface area contributed by atoms with Crippen LogP contribution in [0, 0.1) is 0 Å². The minimum Gasteiger partial charge on any atom is -0.455 e. The molecule has 3 nitrogen and oxygen atoms in total. The van der Waals surface area contributed by atoms with E-state index in [-0.39, 0.29) is 0 Å². The minimum atomic E-state index is 0.898. The minimum absolute atomic E-state index is 0.898. The summed E-state index contributed by atoms with van der Waals surface area (Å²) < 4.78 is 8.88. The fourth-order valence-electron chi connectivity index (χ4n) is 10.1. The number of para-hydroxylation sites is 4. The highest BCUT2D eigenvalue weighted by Gasteiger charge is 2.21. The first-order valence-corrected chi connectivity index (χ1v) is 22.9. The SMILES string of the molecule is c1ccc(-c2cc(-c3cccc(-n4c5ccccc5c5ccccc54)c3)ccc2N(c2ccc(-c3ccc4ccccc4c3)cc2)c2ccc(-c3cccc4c3oc3ccccc34)cc2)cc1. The predicted octanol–water partition coefficient (Wildman–Crippen LogP) is 18.0. The standard InChI is InChI=1S/C64H42N2O/c1-2-15-45(16-3-1)59-42-50(48-18-12-19-53(41-48)66-60-25-9-6-20-55(60)56-21-7-10-26-61(56)66)34-39-62(59)65(51-35-30-44(31-36-51)49-29-28-43-14-4-5-17-47(43)40-49)52-37-32-46(33-38-52)54-23-13-24-58-57-22-8-11-27-63(57)67-64(54)58/h1-42H. The number of fused-ring (bicyclic) bond motifs is 7. The molecule has 0 N–H and O–H groups in total. The third-order valence-corrected chi connectivity index (χ3v) is 13.4. The zero-order valence-electron chi connectivity index (χ0n) is 36.6. The van der Waals surface area contributed by atoms with Crippen LogP contribution >= 0.6 is 0 Å². The van der Waals surface area contributed by atoms with Crippen molar-refractivity contribution in [1.29, 1.82) is 0 Å². The molecule has 0 unspecified atom stereocenters. The maximum absolute atomic E-state index is 6.49. The van der Waals surface area contributed by atoms with E-state index >= 15 is 0 Å². The van der Waals surface area contributed by atoms with Gasteiger partial charge in [-0.15, -0.1) is 0 Å². The van der Waals surface area contributed by atoms with Crippen LogP contribution in [0.2, 0.25) is 0 Å². The second-order valence-corrected chi connectivity index (χ2v) is 17.3. The smallest absolute Gasteiger partial charge is 0.143 e. The molecule has 2 aromatic heterocycles. The molecular formula is C64H42N2O. The molecule has 0 radical (unpaired) electrons. The van der Waals surface area contributed by atoms with E-state index in [4.69, 9.17) is 4.42 Å². The molecule has 0 saturated carbocycles. The van der Waals surface area contributed by atoms with Crippen molar-refractivity contribution in [2.24, 2.45) is 0 Å². The average molecular weight is 855 g/mol. The largest absolute Gasteiger partial charge is 0.455 e. The lowest BCUT2D eigenvalue weighted by Crippen LogP contribution is -2.11. The van der Waals surface area contributed by atoms with Crippen molar-refractivity contribution in [3.05, 3.63) is 255 Å². The van der Waals surface area contributed by atoms with E-state index in [1.165, 1.54) is 43.7 Å². The van der Waals surface area contributed by atoms with Crippen molar-refractivity contribution in [2.75, 3.05) is 4.90 Å². The summed E-state index contributed by atoms with van der Waals surface area (Å²) in [5.74, 6) is 0. The molecule has 0 saturated heterocycles. The maximum Gasteiger partial charge on any atom is 0.143 e. The Bertz CT molecular complexity index is 3920. The van der Waals surface area contributed by atoms with E-state index in [1.807, 2.05) is 12.1 Å². The summed E-state index contributed by atoms with van der Waals surface area (Å²) in [6.45, 7) is 0. The Kier molecular flexibility index (Phi) is 9.17. The van der Waals surface area contributed by atoms with E-state index < -0.39 is 0 Å². The second kappa shape index (κ2) is 16.0. The quantitative estimate of drug-likeness (QED) is 0.152. The maximum atomic E-state index is 6.49. The summed E-state index contributed by atoms with van der Waals surface area (Å²) in [7, 11) is 0. The summed E-state index contributed by atoms with van der Waals surface area (Å²) in [6, 6.07) is 92.0. The van der Waals surface area contributed by atoms with Crippen LogP contribution < -0.4 is 4.90 Å². The summed E-state index contributed by atoms with van der Waals surface area (Å²) in [4.78, 5) is 2.40. The number of rotatable bonds is 8. The van der Waals surface area contributed by atoms with Crippen molar-refractivity contribution in [2.45, 2.75) is 0 Å². The fourth-order valence-corrected chi connectivity index (χ4v) is 10.1. The van der Waals surface area contributed by atoms with Gasteiger partial charge in [0.2, 0.25) is 0 Å². The molecule has 13 aromatic rings. The van der Waals surface area contributed by atoms with Gasteiger partial charge in [-0.2, -0.15) is 0 Å². The molecule has 3 heteroatoms. The third kappa shape index (κ3) is 6.67. The van der Waals surface area contributed by atoms with Gasteiger partial charge in [-0.25, -0.2) is 0 Å². The van der Waals surface area contributed by atoms with Gasteiger partial charge in [0.1, 0.15) is 11.2 Å². The second-order valence-electron chi connectivity index (χ2n) is 17.3. The van der Waals surface area contributed by atoms with Gasteiger partial charge < -0.3 is 13.9 Å². The molecule has 0 aliphatic heterocycles. The molecule has 0 amide bonds. The van der Waals surface area contributed by atoms with Crippen LogP contribution in [0.1, 0.15) is 0 Å². The van der Waals surface area contributed by atoms with Gasteiger partial charge >= 0.3 is 0 Å². The zero-order valence-corrected chi connectivity index (χ0v) is 36.6. The lowest BCUT2D eigenvalue weighted by Gasteiger charge is -2.29. The molecule has 11 aromatic carbocycles. The lowest BCUT2D eigenvalue weighted by molar-refractivity contribution is 0.670. The van der Waals surface area contributed by atoms with Gasteiger partial charge in [0.25, 0.3) is 0 Å². The Balaban J connectivity index is 0.956. The zero-order chi connectivity index (χ0) is 44.3. The molecule has 0 aliphatic rings. The lowest BCUT2D eigenvalue weighted by atomic mass is 9.95. The van der Waals surface area contributed by atoms with E-state index in [9.17, 15) is 0 Å². The van der Waals surface area contributed by atoms with Gasteiger partial charge in [-0.1, -0.05) is 182 Å². The highest BCUT2D eigenvalue weighted by atomic mass is 16.3. The van der Waals surface area contributed by atoms with Gasteiger partial charge in [-0.3, -0.25) is 0 Å². The molecule has 2 heterocycles. The van der Waals surface area contributed by atoms with Crippen molar-refractivity contribution in [3.8, 4) is 50.2 Å². The van der Waals surface area contributed by atoms with Crippen molar-refractivity contribution < 1.29 is 4.42 Å². The molecule has 0 aliphatic carbocycles. The van der Waals surface area contributed by atoms with Crippen LogP contribution in [-0.2, 0) is 0 Å². The summed E-state index contributed by atoms with van der Waals surface area (Å²) >= 11 is 0. The van der Waals surface area contributed by atoms with Crippen LogP contribution in [0.3, 0.4) is 0 Å². The molecule has 314 valence electrons. The molecule has 13 rings (SSSR count). The van der Waals surface area contributed by atoms with Gasteiger partial charge in [0.15, 0.2) is 0 Å². The Morgan fingerprint density at radius 3 is 1.61 bits per heavy atom. The average Bonchev–Trinajstić information content (AvgIpc) is 3.96. The van der Waals surface area contributed by atoms with Crippen LogP contribution in [0.15, 0.2) is 259 Å². The monoisotopic (exact) mass is 854 g/mol. The Morgan fingerprint density at radius 2 is 0.851 bits per heavy atom. The number of hydrogen-bond donors (Lipinski definition) is 0. The Hall–Kier alpha value is -8.92. The van der Waals surface area contributed by atoms with Gasteiger partial charge in [0, 0.05) is 49.7 Å². The van der Waals surface area contributed by atoms with Crippen molar-refractivity contribution >= 4 is 71.6 Å². The highest BCUT2D eigenvalue weighted by molar-refractivity contribution is 6.10. The third-order valence-electron chi connectivity index (χ3n) is 13.4. The molecule has 0 fully saturated rings. The molecule has 0 bridgehead atoms. The van der Waals surface area contributed by atoms with E-state index in [0.717, 1.165) is 78.1 Å². The van der Waals surface area contributed by atoms with Crippen molar-refractivity contribution in [3.63, 3.8) is 0 Å². The molecule has 0 atom stereocenters. The number of hydrogen-bond acceptors (Lipinski definition) is 2. The van der Waals surface area contributed by atoms with Crippen molar-refractivity contribution in [1.82, 2.24) is 4.57 Å². The molecule has 0 spiro atoms. The first kappa shape index (κ1) is 38.5. The van der Waals surface area contributed by atoms with Crippen LogP contribution in [0.5, 0.6) is 0 Å².